The molecule has 3 N–H and O–H groups in total. The Morgan fingerprint density at radius 2 is 1.91 bits per heavy atom. The summed E-state index contributed by atoms with van der Waals surface area (Å²) in [6.07, 6.45) is -0.676. The lowest BCUT2D eigenvalue weighted by Gasteiger charge is -2.04. The normalized spacial score (nSPS) is 10.4. The Kier molecular flexibility index (Phi) is 3.92. The lowest BCUT2D eigenvalue weighted by atomic mass is 10.2. The van der Waals surface area contributed by atoms with E-state index >= 15 is 0 Å². The molecule has 1 aromatic heterocycles. The Labute approximate surface area is 130 Å². The first kappa shape index (κ1) is 14.6. The third-order valence-corrected chi connectivity index (χ3v) is 3.18. The van der Waals surface area contributed by atoms with Crippen LogP contribution < -0.4 is 5.32 Å². The minimum Gasteiger partial charge on any atom is -0.478 e. The number of imidazole rings is 1. The number of aromatic carboxylic acids is 1. The van der Waals surface area contributed by atoms with Crippen molar-refractivity contribution in [2.75, 3.05) is 5.32 Å². The maximum absolute atomic E-state index is 11.8. The van der Waals surface area contributed by atoms with E-state index in [0.717, 1.165) is 5.56 Å². The molecule has 0 aliphatic rings. The highest BCUT2D eigenvalue weighted by Crippen LogP contribution is 2.18. The van der Waals surface area contributed by atoms with Crippen molar-refractivity contribution in [2.24, 2.45) is 0 Å². The van der Waals surface area contributed by atoms with Crippen LogP contribution in [0, 0.1) is 0 Å². The molecule has 2 aromatic carbocycles. The fraction of sp³-hybridized carbons (Fsp3) is 0.0625. The highest BCUT2D eigenvalue weighted by Gasteiger charge is 2.14. The molecule has 116 valence electrons. The van der Waals surface area contributed by atoms with Gasteiger partial charge < -0.3 is 14.8 Å². The number of benzene rings is 2. The number of fused-ring (bicyclic) bond motifs is 1. The first-order chi connectivity index (χ1) is 11.1. The van der Waals surface area contributed by atoms with Gasteiger partial charge in [0, 0.05) is 0 Å². The van der Waals surface area contributed by atoms with Crippen LogP contribution in [0.15, 0.2) is 48.5 Å². The SMILES string of the molecule is O=C(Nc1nc2c(C(=O)O)cccc2[nH]1)OCc1ccccc1. The second-order valence-electron chi connectivity index (χ2n) is 4.78. The van der Waals surface area contributed by atoms with Crippen LogP contribution >= 0.6 is 0 Å². The van der Waals surface area contributed by atoms with Crippen LogP contribution in [-0.2, 0) is 11.3 Å². The number of carboxylic acid groups (broad SMARTS) is 1. The molecule has 0 radical (unpaired) electrons. The van der Waals surface area contributed by atoms with Crippen LogP contribution in [0.5, 0.6) is 0 Å². The smallest absolute Gasteiger partial charge is 0.414 e. The fourth-order valence-corrected chi connectivity index (χ4v) is 2.12. The van der Waals surface area contributed by atoms with Crippen molar-refractivity contribution in [3.8, 4) is 0 Å². The Bertz CT molecular complexity index is 858. The summed E-state index contributed by atoms with van der Waals surface area (Å²) in [4.78, 5) is 29.8. The number of H-pyrrole nitrogens is 1. The van der Waals surface area contributed by atoms with Gasteiger partial charge in [0.05, 0.1) is 11.1 Å². The predicted molar refractivity (Wildman–Crippen MR) is 83.3 cm³/mol. The van der Waals surface area contributed by atoms with Gasteiger partial charge in [-0.1, -0.05) is 36.4 Å². The number of nitrogens with zero attached hydrogens (tertiary/aromatic N) is 1. The molecule has 0 fully saturated rings. The minimum atomic E-state index is -1.08. The lowest BCUT2D eigenvalue weighted by Crippen LogP contribution is -2.14. The number of aromatic nitrogens is 2. The van der Waals surface area contributed by atoms with Gasteiger partial charge in [-0.2, -0.15) is 0 Å². The van der Waals surface area contributed by atoms with E-state index in [1.165, 1.54) is 6.07 Å². The number of carbonyl (C=O) groups is 2. The number of carbonyl (C=O) groups excluding carboxylic acids is 1. The van der Waals surface area contributed by atoms with Crippen LogP contribution in [0.1, 0.15) is 15.9 Å². The van der Waals surface area contributed by atoms with Gasteiger partial charge in [-0.05, 0) is 17.7 Å². The Balaban J connectivity index is 1.70. The van der Waals surface area contributed by atoms with E-state index < -0.39 is 12.1 Å². The largest absolute Gasteiger partial charge is 0.478 e. The predicted octanol–water partition coefficient (Wildman–Crippen LogP) is 3.01. The molecule has 1 heterocycles. The van der Waals surface area contributed by atoms with Crippen molar-refractivity contribution in [3.05, 3.63) is 59.7 Å². The highest BCUT2D eigenvalue weighted by molar-refractivity contribution is 6.01. The molecule has 0 aliphatic carbocycles. The Morgan fingerprint density at radius 3 is 2.65 bits per heavy atom. The molecule has 0 unspecified atom stereocenters. The number of carboxylic acids is 1. The monoisotopic (exact) mass is 311 g/mol. The van der Waals surface area contributed by atoms with Crippen LogP contribution in [0.4, 0.5) is 10.7 Å². The number of hydrogen-bond acceptors (Lipinski definition) is 4. The van der Waals surface area contributed by atoms with E-state index in [-0.39, 0.29) is 23.6 Å². The van der Waals surface area contributed by atoms with Crippen molar-refractivity contribution in [3.63, 3.8) is 0 Å². The van der Waals surface area contributed by atoms with Gasteiger partial charge >= 0.3 is 12.1 Å². The van der Waals surface area contributed by atoms with Gasteiger partial charge in [0.25, 0.3) is 0 Å². The molecule has 0 aliphatic heterocycles. The van der Waals surface area contributed by atoms with E-state index in [4.69, 9.17) is 9.84 Å². The van der Waals surface area contributed by atoms with Crippen molar-refractivity contribution in [2.45, 2.75) is 6.61 Å². The molecule has 0 spiro atoms. The number of anilines is 1. The molecular weight excluding hydrogens is 298 g/mol. The molecule has 0 saturated heterocycles. The summed E-state index contributed by atoms with van der Waals surface area (Å²) in [6, 6.07) is 14.0. The van der Waals surface area contributed by atoms with Crippen LogP contribution in [0.2, 0.25) is 0 Å². The van der Waals surface area contributed by atoms with Crippen molar-refractivity contribution in [1.82, 2.24) is 9.97 Å². The fourth-order valence-electron chi connectivity index (χ4n) is 2.12. The zero-order chi connectivity index (χ0) is 16.2. The zero-order valence-corrected chi connectivity index (χ0v) is 11.9. The molecule has 7 heteroatoms. The number of aromatic amines is 1. The third-order valence-electron chi connectivity index (χ3n) is 3.18. The van der Waals surface area contributed by atoms with Crippen molar-refractivity contribution >= 4 is 29.0 Å². The van der Waals surface area contributed by atoms with Gasteiger partial charge in [-0.15, -0.1) is 0 Å². The average Bonchev–Trinajstić information content (AvgIpc) is 2.95. The van der Waals surface area contributed by atoms with Gasteiger partial charge in [0.2, 0.25) is 5.95 Å². The zero-order valence-electron chi connectivity index (χ0n) is 11.9. The number of hydrogen-bond donors (Lipinski definition) is 3. The number of nitrogens with one attached hydrogen (secondary N) is 2. The number of rotatable bonds is 4. The van der Waals surface area contributed by atoms with Crippen LogP contribution in [0.3, 0.4) is 0 Å². The molecule has 1 amide bonds. The number of para-hydroxylation sites is 1. The topological polar surface area (TPSA) is 104 Å². The highest BCUT2D eigenvalue weighted by atomic mass is 16.5. The van der Waals surface area contributed by atoms with E-state index in [0.29, 0.717) is 5.52 Å². The van der Waals surface area contributed by atoms with E-state index in [1.54, 1.807) is 12.1 Å². The van der Waals surface area contributed by atoms with E-state index in [2.05, 4.69) is 15.3 Å². The summed E-state index contributed by atoms with van der Waals surface area (Å²) in [5, 5.41) is 11.6. The molecule has 0 atom stereocenters. The Hall–Kier alpha value is -3.35. The summed E-state index contributed by atoms with van der Waals surface area (Å²) in [6.45, 7) is 0.132. The molecule has 0 saturated carbocycles. The van der Waals surface area contributed by atoms with E-state index in [1.807, 2.05) is 30.3 Å². The average molecular weight is 311 g/mol. The summed E-state index contributed by atoms with van der Waals surface area (Å²) in [5.41, 5.74) is 1.71. The van der Waals surface area contributed by atoms with Gasteiger partial charge in [-0.25, -0.2) is 14.6 Å². The third kappa shape index (κ3) is 3.29. The Morgan fingerprint density at radius 1 is 1.13 bits per heavy atom. The number of amides is 1. The molecular formula is C16H13N3O4. The first-order valence-corrected chi connectivity index (χ1v) is 6.83. The molecule has 7 nitrogen and oxygen atoms in total. The summed E-state index contributed by atoms with van der Waals surface area (Å²) < 4.78 is 5.08. The number of ether oxygens (including phenoxy) is 1. The van der Waals surface area contributed by atoms with Crippen molar-refractivity contribution in [1.29, 1.82) is 0 Å². The van der Waals surface area contributed by atoms with Crippen molar-refractivity contribution < 1.29 is 19.4 Å². The minimum absolute atomic E-state index is 0.0597. The first-order valence-electron chi connectivity index (χ1n) is 6.83. The molecule has 3 aromatic rings. The standard InChI is InChI=1S/C16H13N3O4/c20-14(21)11-7-4-8-12-13(11)18-15(17-12)19-16(22)23-9-10-5-2-1-3-6-10/h1-8H,9H2,(H,20,21)(H2,17,18,19,22). The van der Waals surface area contributed by atoms with Crippen LogP contribution in [0.25, 0.3) is 11.0 Å². The van der Waals surface area contributed by atoms with Gasteiger partial charge in [0.1, 0.15) is 12.1 Å². The quantitative estimate of drug-likeness (QED) is 0.687. The van der Waals surface area contributed by atoms with Gasteiger partial charge in [-0.3, -0.25) is 5.32 Å². The molecule has 23 heavy (non-hydrogen) atoms. The summed E-state index contributed by atoms with van der Waals surface area (Å²) in [5.74, 6) is -0.952. The molecule has 3 rings (SSSR count). The summed E-state index contributed by atoms with van der Waals surface area (Å²) in [7, 11) is 0. The second-order valence-corrected chi connectivity index (χ2v) is 4.78. The van der Waals surface area contributed by atoms with Gasteiger partial charge in [0.15, 0.2) is 0 Å². The lowest BCUT2D eigenvalue weighted by molar-refractivity contribution is 0.0699. The second kappa shape index (κ2) is 6.18. The van der Waals surface area contributed by atoms with Crippen LogP contribution in [-0.4, -0.2) is 27.1 Å². The maximum atomic E-state index is 11.8. The maximum Gasteiger partial charge on any atom is 0.414 e. The van der Waals surface area contributed by atoms with E-state index in [9.17, 15) is 9.59 Å². The summed E-state index contributed by atoms with van der Waals surface area (Å²) >= 11 is 0. The molecule has 0 bridgehead atoms.